The highest BCUT2D eigenvalue weighted by Crippen LogP contribution is 2.23. The van der Waals surface area contributed by atoms with Gasteiger partial charge in [-0.25, -0.2) is 4.79 Å². The largest absolute Gasteiger partial charge is 0.496 e. The second kappa shape index (κ2) is 6.50. The maximum absolute atomic E-state index is 11.6. The Labute approximate surface area is 102 Å². The Hall–Kier alpha value is -1.07. The number of halogens is 1. The summed E-state index contributed by atoms with van der Waals surface area (Å²) in [4.78, 5) is 11.6. The second-order valence-electron chi connectivity index (χ2n) is 3.06. The third kappa shape index (κ3) is 3.50. The molecule has 0 aliphatic rings. The van der Waals surface area contributed by atoms with Gasteiger partial charge in [0.2, 0.25) is 0 Å². The Morgan fingerprint density at radius 2 is 2.25 bits per heavy atom. The summed E-state index contributed by atoms with van der Waals surface area (Å²) in [6.45, 7) is 0.202. The minimum atomic E-state index is -0.452. The lowest BCUT2D eigenvalue weighted by Gasteiger charge is -2.08. The Kier molecular flexibility index (Phi) is 5.28. The van der Waals surface area contributed by atoms with E-state index in [1.807, 2.05) is 0 Å². The van der Waals surface area contributed by atoms with Gasteiger partial charge < -0.3 is 14.6 Å². The molecule has 1 rings (SSSR count). The number of rotatable bonds is 5. The number of ether oxygens (including phenoxy) is 2. The van der Waals surface area contributed by atoms with Gasteiger partial charge >= 0.3 is 5.97 Å². The summed E-state index contributed by atoms with van der Waals surface area (Å²) in [7, 11) is 1.49. The minimum Gasteiger partial charge on any atom is -0.496 e. The van der Waals surface area contributed by atoms with Gasteiger partial charge in [-0.2, -0.15) is 0 Å². The molecule has 1 N–H and O–H groups in total. The Bertz CT molecular complexity index is 365. The van der Waals surface area contributed by atoms with Gasteiger partial charge in [-0.3, -0.25) is 0 Å². The van der Waals surface area contributed by atoms with E-state index >= 15 is 0 Å². The van der Waals surface area contributed by atoms with Crippen molar-refractivity contribution < 1.29 is 19.4 Å². The topological polar surface area (TPSA) is 55.8 Å². The van der Waals surface area contributed by atoms with Crippen LogP contribution in [-0.4, -0.2) is 31.4 Å². The molecule has 0 heterocycles. The minimum absolute atomic E-state index is 0.00288. The normalized spacial score (nSPS) is 9.94. The van der Waals surface area contributed by atoms with Gasteiger partial charge in [-0.05, 0) is 18.2 Å². The number of hydrogen-bond donors (Lipinski definition) is 1. The molecule has 1 aromatic carbocycles. The molecule has 0 unspecified atom stereocenters. The first-order chi connectivity index (χ1) is 7.69. The van der Waals surface area contributed by atoms with Crippen LogP contribution < -0.4 is 4.74 Å². The van der Waals surface area contributed by atoms with Gasteiger partial charge in [0.05, 0.1) is 13.7 Å². The third-order valence-electron chi connectivity index (χ3n) is 1.92. The van der Waals surface area contributed by atoms with Crippen molar-refractivity contribution in [2.75, 3.05) is 20.3 Å². The van der Waals surface area contributed by atoms with Crippen molar-refractivity contribution in [1.29, 1.82) is 0 Å². The molecule has 0 amide bonds. The molecule has 1 aromatic rings. The van der Waals surface area contributed by atoms with E-state index in [2.05, 4.69) is 15.9 Å². The zero-order valence-corrected chi connectivity index (χ0v) is 10.5. The lowest BCUT2D eigenvalue weighted by atomic mass is 10.2. The Morgan fingerprint density at radius 3 is 2.88 bits per heavy atom. The maximum atomic E-state index is 11.6. The Morgan fingerprint density at radius 1 is 1.50 bits per heavy atom. The molecule has 0 aromatic heterocycles. The SMILES string of the molecule is COc1ccc(Br)cc1C(=O)OCCCO. The number of esters is 1. The van der Waals surface area contributed by atoms with E-state index in [1.54, 1.807) is 18.2 Å². The first-order valence-electron chi connectivity index (χ1n) is 4.80. The predicted molar refractivity (Wildman–Crippen MR) is 62.7 cm³/mol. The van der Waals surface area contributed by atoms with E-state index < -0.39 is 5.97 Å². The molecular weight excluding hydrogens is 276 g/mol. The molecule has 0 aliphatic heterocycles. The standard InChI is InChI=1S/C11H13BrO4/c1-15-10-4-3-8(12)7-9(10)11(14)16-6-2-5-13/h3-4,7,13H,2,5-6H2,1H3. The number of carbonyl (C=O) groups excluding carboxylic acids is 1. The van der Waals surface area contributed by atoms with Crippen molar-refractivity contribution in [2.45, 2.75) is 6.42 Å². The predicted octanol–water partition coefficient (Wildman–Crippen LogP) is 2.00. The molecule has 0 atom stereocenters. The fourth-order valence-electron chi connectivity index (χ4n) is 1.15. The van der Waals surface area contributed by atoms with Crippen molar-refractivity contribution in [3.05, 3.63) is 28.2 Å². The number of methoxy groups -OCH3 is 1. The van der Waals surface area contributed by atoms with Gasteiger partial charge in [0.1, 0.15) is 11.3 Å². The Balaban J connectivity index is 2.76. The van der Waals surface area contributed by atoms with Crippen molar-refractivity contribution in [3.8, 4) is 5.75 Å². The molecule has 4 nitrogen and oxygen atoms in total. The summed E-state index contributed by atoms with van der Waals surface area (Å²) in [6, 6.07) is 5.11. The van der Waals surface area contributed by atoms with Crippen LogP contribution in [0.3, 0.4) is 0 Å². The average molecular weight is 289 g/mol. The van der Waals surface area contributed by atoms with Crippen molar-refractivity contribution in [1.82, 2.24) is 0 Å². The molecule has 88 valence electrons. The number of aliphatic hydroxyl groups is 1. The van der Waals surface area contributed by atoms with Crippen LogP contribution in [0.1, 0.15) is 16.8 Å². The third-order valence-corrected chi connectivity index (χ3v) is 2.41. The van der Waals surface area contributed by atoms with Gasteiger partial charge in [0.25, 0.3) is 0 Å². The second-order valence-corrected chi connectivity index (χ2v) is 3.97. The molecule has 0 spiro atoms. The van der Waals surface area contributed by atoms with E-state index in [-0.39, 0.29) is 13.2 Å². The van der Waals surface area contributed by atoms with Gasteiger partial charge in [-0.1, -0.05) is 15.9 Å². The highest BCUT2D eigenvalue weighted by Gasteiger charge is 2.13. The van der Waals surface area contributed by atoms with E-state index in [1.165, 1.54) is 7.11 Å². The zero-order valence-electron chi connectivity index (χ0n) is 8.90. The van der Waals surface area contributed by atoms with Crippen LogP contribution in [0.15, 0.2) is 22.7 Å². The van der Waals surface area contributed by atoms with Crippen molar-refractivity contribution >= 4 is 21.9 Å². The van der Waals surface area contributed by atoms with E-state index in [4.69, 9.17) is 14.6 Å². The van der Waals surface area contributed by atoms with Crippen LogP contribution in [0.2, 0.25) is 0 Å². The van der Waals surface area contributed by atoms with Crippen LogP contribution in [0, 0.1) is 0 Å². The van der Waals surface area contributed by atoms with Crippen LogP contribution in [0.5, 0.6) is 5.75 Å². The fourth-order valence-corrected chi connectivity index (χ4v) is 1.51. The average Bonchev–Trinajstić information content (AvgIpc) is 2.29. The summed E-state index contributed by atoms with van der Waals surface area (Å²) in [5.74, 6) is 0.0174. The molecule has 0 radical (unpaired) electrons. The first-order valence-corrected chi connectivity index (χ1v) is 5.60. The highest BCUT2D eigenvalue weighted by molar-refractivity contribution is 9.10. The van der Waals surface area contributed by atoms with Crippen LogP contribution in [0.4, 0.5) is 0 Å². The van der Waals surface area contributed by atoms with Gasteiger partial charge in [-0.15, -0.1) is 0 Å². The number of hydrogen-bond acceptors (Lipinski definition) is 4. The van der Waals surface area contributed by atoms with E-state index in [9.17, 15) is 4.79 Å². The lowest BCUT2D eigenvalue weighted by molar-refractivity contribution is 0.0478. The monoisotopic (exact) mass is 288 g/mol. The van der Waals surface area contributed by atoms with E-state index in [0.29, 0.717) is 17.7 Å². The molecule has 0 saturated carbocycles. The van der Waals surface area contributed by atoms with E-state index in [0.717, 1.165) is 4.47 Å². The summed E-state index contributed by atoms with van der Waals surface area (Å²) < 4.78 is 10.8. The molecule has 5 heteroatoms. The van der Waals surface area contributed by atoms with Crippen LogP contribution >= 0.6 is 15.9 Å². The van der Waals surface area contributed by atoms with Crippen LogP contribution in [0.25, 0.3) is 0 Å². The lowest BCUT2D eigenvalue weighted by Crippen LogP contribution is -2.09. The fraction of sp³-hybridized carbons (Fsp3) is 0.364. The summed E-state index contributed by atoms with van der Waals surface area (Å²) >= 11 is 3.27. The zero-order chi connectivity index (χ0) is 12.0. The number of carbonyl (C=O) groups is 1. The quantitative estimate of drug-likeness (QED) is 0.665. The van der Waals surface area contributed by atoms with Gasteiger partial charge in [0, 0.05) is 17.5 Å². The molecule has 0 bridgehead atoms. The molecule has 16 heavy (non-hydrogen) atoms. The van der Waals surface area contributed by atoms with Gasteiger partial charge in [0.15, 0.2) is 0 Å². The summed E-state index contributed by atoms with van der Waals surface area (Å²) in [5.41, 5.74) is 0.370. The molecule has 0 saturated heterocycles. The highest BCUT2D eigenvalue weighted by atomic mass is 79.9. The maximum Gasteiger partial charge on any atom is 0.341 e. The van der Waals surface area contributed by atoms with Crippen LogP contribution in [-0.2, 0) is 4.74 Å². The summed E-state index contributed by atoms with van der Waals surface area (Å²) in [6.07, 6.45) is 0.433. The van der Waals surface area contributed by atoms with Crippen molar-refractivity contribution in [2.24, 2.45) is 0 Å². The smallest absolute Gasteiger partial charge is 0.341 e. The molecule has 0 fully saturated rings. The number of benzene rings is 1. The molecular formula is C11H13BrO4. The van der Waals surface area contributed by atoms with Crippen molar-refractivity contribution in [3.63, 3.8) is 0 Å². The summed E-state index contributed by atoms with van der Waals surface area (Å²) in [5, 5.41) is 8.57. The first kappa shape index (κ1) is 13.0. The number of aliphatic hydroxyl groups excluding tert-OH is 1. The molecule has 0 aliphatic carbocycles.